The summed E-state index contributed by atoms with van der Waals surface area (Å²) in [7, 11) is 0. The molecule has 1 aromatic rings. The molecule has 0 radical (unpaired) electrons. The van der Waals surface area contributed by atoms with Crippen LogP contribution in [-0.2, 0) is 11.2 Å². The molecule has 1 N–H and O–H groups in total. The van der Waals surface area contributed by atoms with Gasteiger partial charge in [0.15, 0.2) is 0 Å². The van der Waals surface area contributed by atoms with Gasteiger partial charge >= 0.3 is 0 Å². The molecule has 0 aromatic heterocycles. The van der Waals surface area contributed by atoms with Crippen molar-refractivity contribution in [1.82, 2.24) is 0 Å². The maximum Gasteiger partial charge on any atom is 0.125 e. The average molecular weight is 265 g/mol. The lowest BCUT2D eigenvalue weighted by molar-refractivity contribution is -0.0116. The van der Waals surface area contributed by atoms with Gasteiger partial charge in [-0.25, -0.2) is 4.39 Å². The van der Waals surface area contributed by atoms with Crippen LogP contribution in [0, 0.1) is 11.2 Å². The summed E-state index contributed by atoms with van der Waals surface area (Å²) in [6.45, 7) is 3.32. The van der Waals surface area contributed by atoms with E-state index in [1.165, 1.54) is 11.6 Å². The molecule has 4 heteroatoms. The Balaban J connectivity index is 1.79. The molecule has 1 aromatic carbocycles. The molecule has 104 valence electrons. The zero-order valence-corrected chi connectivity index (χ0v) is 11.1. The van der Waals surface area contributed by atoms with Gasteiger partial charge in [0.1, 0.15) is 5.82 Å². The fourth-order valence-electron chi connectivity index (χ4n) is 3.16. The van der Waals surface area contributed by atoms with Crippen molar-refractivity contribution in [1.29, 1.82) is 0 Å². The van der Waals surface area contributed by atoms with Gasteiger partial charge in [-0.3, -0.25) is 0 Å². The molecular weight excluding hydrogens is 245 g/mol. The van der Waals surface area contributed by atoms with Crippen LogP contribution in [0.2, 0.25) is 0 Å². The van der Waals surface area contributed by atoms with Crippen LogP contribution in [0.1, 0.15) is 18.4 Å². The van der Waals surface area contributed by atoms with Crippen molar-refractivity contribution in [3.63, 3.8) is 0 Å². The minimum Gasteiger partial charge on any atom is -0.396 e. The van der Waals surface area contributed by atoms with Crippen molar-refractivity contribution in [3.8, 4) is 0 Å². The number of benzene rings is 1. The molecule has 19 heavy (non-hydrogen) atoms. The number of rotatable bonds is 3. The molecule has 0 aliphatic carbocycles. The highest BCUT2D eigenvalue weighted by Crippen LogP contribution is 2.36. The van der Waals surface area contributed by atoms with Gasteiger partial charge in [0.25, 0.3) is 0 Å². The molecule has 0 amide bonds. The Morgan fingerprint density at radius 1 is 1.32 bits per heavy atom. The van der Waals surface area contributed by atoms with Crippen molar-refractivity contribution in [2.45, 2.75) is 19.3 Å². The van der Waals surface area contributed by atoms with E-state index < -0.39 is 0 Å². The van der Waals surface area contributed by atoms with Crippen LogP contribution < -0.4 is 4.90 Å². The standard InChI is InChI=1S/C15H20FNO2/c16-13-2-1-12-3-6-17(14(12)9-13)10-15(11-18)4-7-19-8-5-15/h1-2,9,18H,3-8,10-11H2. The zero-order chi connectivity index (χ0) is 13.3. The van der Waals surface area contributed by atoms with Gasteiger partial charge in [0.2, 0.25) is 0 Å². The first-order valence-electron chi connectivity index (χ1n) is 6.94. The predicted molar refractivity (Wildman–Crippen MR) is 71.9 cm³/mol. The van der Waals surface area contributed by atoms with Gasteiger partial charge in [-0.1, -0.05) is 6.07 Å². The predicted octanol–water partition coefficient (Wildman–Crippen LogP) is 1.98. The number of hydrogen-bond donors (Lipinski definition) is 1. The molecule has 0 bridgehead atoms. The van der Waals surface area contributed by atoms with Crippen molar-refractivity contribution >= 4 is 5.69 Å². The molecule has 2 aliphatic heterocycles. The summed E-state index contributed by atoms with van der Waals surface area (Å²) in [5.41, 5.74) is 2.12. The summed E-state index contributed by atoms with van der Waals surface area (Å²) < 4.78 is 18.8. The molecule has 2 heterocycles. The number of nitrogens with zero attached hydrogens (tertiary/aromatic N) is 1. The molecule has 2 aliphatic rings. The lowest BCUT2D eigenvalue weighted by Gasteiger charge is -2.39. The molecule has 0 unspecified atom stereocenters. The van der Waals surface area contributed by atoms with Crippen molar-refractivity contribution in [3.05, 3.63) is 29.6 Å². The Morgan fingerprint density at radius 2 is 2.11 bits per heavy atom. The third-order valence-electron chi connectivity index (χ3n) is 4.45. The Bertz CT molecular complexity index is 457. The summed E-state index contributed by atoms with van der Waals surface area (Å²) in [6.07, 6.45) is 2.73. The topological polar surface area (TPSA) is 32.7 Å². The Hall–Kier alpha value is -1.13. The average Bonchev–Trinajstić information content (AvgIpc) is 2.82. The first-order chi connectivity index (χ1) is 9.22. The monoisotopic (exact) mass is 265 g/mol. The van der Waals surface area contributed by atoms with Crippen LogP contribution in [0.25, 0.3) is 0 Å². The Labute approximate surface area is 113 Å². The number of anilines is 1. The van der Waals surface area contributed by atoms with Crippen molar-refractivity contribution in [2.24, 2.45) is 5.41 Å². The highest BCUT2D eigenvalue weighted by atomic mass is 19.1. The fourth-order valence-corrected chi connectivity index (χ4v) is 3.16. The van der Waals surface area contributed by atoms with Crippen LogP contribution in [0.15, 0.2) is 18.2 Å². The van der Waals surface area contributed by atoms with E-state index in [9.17, 15) is 9.50 Å². The highest BCUT2D eigenvalue weighted by Gasteiger charge is 2.35. The van der Waals surface area contributed by atoms with E-state index in [0.29, 0.717) is 13.2 Å². The maximum absolute atomic E-state index is 13.4. The smallest absolute Gasteiger partial charge is 0.125 e. The first kappa shape index (κ1) is 12.9. The van der Waals surface area contributed by atoms with E-state index >= 15 is 0 Å². The molecule has 0 saturated carbocycles. The second kappa shape index (κ2) is 5.10. The summed E-state index contributed by atoms with van der Waals surface area (Å²) >= 11 is 0. The van der Waals surface area contributed by atoms with Gasteiger partial charge in [0.05, 0.1) is 6.61 Å². The third kappa shape index (κ3) is 2.47. The van der Waals surface area contributed by atoms with Crippen molar-refractivity contribution < 1.29 is 14.2 Å². The minimum atomic E-state index is -0.185. The van der Waals surface area contributed by atoms with Crippen molar-refractivity contribution in [2.75, 3.05) is 37.8 Å². The van der Waals surface area contributed by atoms with E-state index in [-0.39, 0.29) is 17.8 Å². The van der Waals surface area contributed by atoms with E-state index in [4.69, 9.17) is 4.74 Å². The van der Waals surface area contributed by atoms with Crippen LogP contribution >= 0.6 is 0 Å². The quantitative estimate of drug-likeness (QED) is 0.907. The normalized spacial score (nSPS) is 21.5. The molecule has 0 spiro atoms. The lowest BCUT2D eigenvalue weighted by Crippen LogP contribution is -2.43. The molecule has 3 rings (SSSR count). The third-order valence-corrected chi connectivity index (χ3v) is 4.45. The molecule has 3 nitrogen and oxygen atoms in total. The van der Waals surface area contributed by atoms with Gasteiger partial charge < -0.3 is 14.7 Å². The maximum atomic E-state index is 13.4. The number of fused-ring (bicyclic) bond motifs is 1. The molecule has 0 atom stereocenters. The summed E-state index contributed by atoms with van der Waals surface area (Å²) in [5, 5.41) is 9.75. The van der Waals surface area contributed by atoms with E-state index in [2.05, 4.69) is 4.90 Å². The number of halogens is 1. The number of aliphatic hydroxyl groups is 1. The largest absolute Gasteiger partial charge is 0.396 e. The fraction of sp³-hybridized carbons (Fsp3) is 0.600. The minimum absolute atomic E-state index is 0.0911. The SMILES string of the molecule is OCC1(CN2CCc3ccc(F)cc32)CCOCC1. The molecular formula is C15H20FNO2. The van der Waals surface area contributed by atoms with E-state index in [0.717, 1.165) is 38.0 Å². The van der Waals surface area contributed by atoms with Crippen LogP contribution in [0.4, 0.5) is 10.1 Å². The summed E-state index contributed by atoms with van der Waals surface area (Å²) in [5.74, 6) is -0.185. The molecule has 1 fully saturated rings. The summed E-state index contributed by atoms with van der Waals surface area (Å²) in [4.78, 5) is 2.22. The Morgan fingerprint density at radius 3 is 2.84 bits per heavy atom. The highest BCUT2D eigenvalue weighted by molar-refractivity contribution is 5.58. The van der Waals surface area contributed by atoms with Crippen LogP contribution in [-0.4, -0.2) is 38.0 Å². The molecule has 1 saturated heterocycles. The van der Waals surface area contributed by atoms with Crippen LogP contribution in [0.3, 0.4) is 0 Å². The number of ether oxygens (including phenoxy) is 1. The van der Waals surface area contributed by atoms with E-state index in [1.54, 1.807) is 6.07 Å². The number of aliphatic hydroxyl groups excluding tert-OH is 1. The zero-order valence-electron chi connectivity index (χ0n) is 11.1. The van der Waals surface area contributed by atoms with Crippen LogP contribution in [0.5, 0.6) is 0 Å². The van der Waals surface area contributed by atoms with E-state index in [1.807, 2.05) is 6.07 Å². The first-order valence-corrected chi connectivity index (χ1v) is 6.94. The second-order valence-electron chi connectivity index (χ2n) is 5.72. The number of hydrogen-bond acceptors (Lipinski definition) is 3. The van der Waals surface area contributed by atoms with Gasteiger partial charge in [0, 0.05) is 37.4 Å². The Kier molecular flexibility index (Phi) is 3.46. The summed E-state index contributed by atoms with van der Waals surface area (Å²) in [6, 6.07) is 5.02. The lowest BCUT2D eigenvalue weighted by atomic mass is 9.80. The van der Waals surface area contributed by atoms with Gasteiger partial charge in [-0.05, 0) is 37.0 Å². The van der Waals surface area contributed by atoms with Gasteiger partial charge in [-0.15, -0.1) is 0 Å². The van der Waals surface area contributed by atoms with Gasteiger partial charge in [-0.2, -0.15) is 0 Å². The second-order valence-corrected chi connectivity index (χ2v) is 5.72.